The summed E-state index contributed by atoms with van der Waals surface area (Å²) in [7, 11) is -0.280. The first-order valence-corrected chi connectivity index (χ1v) is 9.79. The molecule has 4 heteroatoms. The van der Waals surface area contributed by atoms with Crippen LogP contribution in [0.15, 0.2) is 0 Å². The fourth-order valence-electron chi connectivity index (χ4n) is 5.45. The van der Waals surface area contributed by atoms with Gasteiger partial charge in [0.15, 0.2) is 0 Å². The van der Waals surface area contributed by atoms with Crippen LogP contribution >= 0.6 is 7.92 Å². The molecule has 0 radical (unpaired) electrons. The van der Waals surface area contributed by atoms with Gasteiger partial charge >= 0.3 is 5.97 Å². The van der Waals surface area contributed by atoms with Gasteiger partial charge < -0.3 is 5.11 Å². The molecule has 0 spiro atoms. The van der Waals surface area contributed by atoms with Crippen LogP contribution in [0.25, 0.3) is 0 Å². The summed E-state index contributed by atoms with van der Waals surface area (Å²) in [6, 6.07) is 0. The number of unbranched alkanes of at least 4 members (excludes halogenated alkanes) is 1. The first-order chi connectivity index (χ1) is 9.11. The number of hydrogen-bond donors (Lipinski definition) is 1. The number of rotatable bonds is 6. The molecular weight excluding hydrogens is 362 g/mol. The summed E-state index contributed by atoms with van der Waals surface area (Å²) in [4.78, 5) is 11.3. The van der Waals surface area contributed by atoms with Gasteiger partial charge in [0.05, 0.1) is 6.16 Å². The molecule has 0 heterocycles. The normalized spacial score (nSPS) is 39.4. The maximum atomic E-state index is 11.3. The van der Waals surface area contributed by atoms with E-state index in [9.17, 15) is 9.90 Å². The molecule has 0 aromatic rings. The van der Waals surface area contributed by atoms with Gasteiger partial charge in [-0.1, -0.05) is 21.3 Å². The smallest absolute Gasteiger partial charge is 0.307 e. The van der Waals surface area contributed by atoms with E-state index in [-0.39, 0.29) is 28.3 Å². The molecule has 0 aliphatic heterocycles. The SMILES string of the molecule is CCCCP(CC(=O)O)C12CC3CC(CC(C3)C1)C2.[Pd]. The van der Waals surface area contributed by atoms with Crippen molar-refractivity contribution in [3.8, 4) is 0 Å². The number of hydrogen-bond acceptors (Lipinski definition) is 1. The molecule has 1 unspecified atom stereocenters. The Bertz CT molecular complexity index is 323. The molecule has 1 atom stereocenters. The zero-order chi connectivity index (χ0) is 13.5. The average molecular weight is 389 g/mol. The van der Waals surface area contributed by atoms with Crippen LogP contribution in [-0.4, -0.2) is 28.6 Å². The molecule has 20 heavy (non-hydrogen) atoms. The quantitative estimate of drug-likeness (QED) is 0.543. The largest absolute Gasteiger partial charge is 0.481 e. The molecule has 4 aliphatic carbocycles. The monoisotopic (exact) mass is 388 g/mol. The van der Waals surface area contributed by atoms with Crippen molar-refractivity contribution in [2.45, 2.75) is 63.4 Å². The van der Waals surface area contributed by atoms with Gasteiger partial charge in [0.1, 0.15) is 0 Å². The van der Waals surface area contributed by atoms with Crippen LogP contribution in [0.5, 0.6) is 0 Å². The van der Waals surface area contributed by atoms with E-state index in [1.165, 1.54) is 57.5 Å². The van der Waals surface area contributed by atoms with Crippen molar-refractivity contribution in [2.75, 3.05) is 12.3 Å². The van der Waals surface area contributed by atoms with Crippen molar-refractivity contribution in [3.05, 3.63) is 0 Å². The van der Waals surface area contributed by atoms with Gasteiger partial charge in [-0.05, 0) is 74.0 Å². The Hall–Kier alpha value is 0.562. The third kappa shape index (κ3) is 3.31. The third-order valence-electron chi connectivity index (χ3n) is 5.78. The maximum absolute atomic E-state index is 11.3. The fraction of sp³-hybridized carbons (Fsp3) is 0.938. The number of carboxylic acid groups (broad SMARTS) is 1. The van der Waals surface area contributed by atoms with Crippen LogP contribution < -0.4 is 0 Å². The molecule has 4 fully saturated rings. The van der Waals surface area contributed by atoms with Gasteiger partial charge in [-0.2, -0.15) is 0 Å². The molecule has 4 saturated carbocycles. The van der Waals surface area contributed by atoms with Crippen molar-refractivity contribution in [1.29, 1.82) is 0 Å². The minimum Gasteiger partial charge on any atom is -0.481 e. The Morgan fingerprint density at radius 3 is 2.05 bits per heavy atom. The molecular formula is C16H27O2PPd. The van der Waals surface area contributed by atoms with Gasteiger partial charge in [0.25, 0.3) is 0 Å². The molecule has 4 rings (SSSR count). The zero-order valence-electron chi connectivity index (χ0n) is 12.4. The second-order valence-electron chi connectivity index (χ2n) is 7.31. The Morgan fingerprint density at radius 2 is 1.65 bits per heavy atom. The first kappa shape index (κ1) is 16.9. The second-order valence-corrected chi connectivity index (χ2v) is 10.1. The molecule has 0 aromatic heterocycles. The summed E-state index contributed by atoms with van der Waals surface area (Å²) in [5.41, 5.74) is 0. The van der Waals surface area contributed by atoms with Gasteiger partial charge in [-0.3, -0.25) is 4.79 Å². The van der Waals surface area contributed by atoms with E-state index < -0.39 is 5.97 Å². The predicted molar refractivity (Wildman–Crippen MR) is 80.1 cm³/mol. The van der Waals surface area contributed by atoms with Gasteiger partial charge in [-0.15, -0.1) is 0 Å². The van der Waals surface area contributed by atoms with Gasteiger partial charge in [-0.25, -0.2) is 0 Å². The Kier molecular flexibility index (Phi) is 5.73. The Labute approximate surface area is 137 Å². The molecule has 0 amide bonds. The van der Waals surface area contributed by atoms with Crippen molar-refractivity contribution < 1.29 is 30.3 Å². The molecule has 0 aromatic carbocycles. The minimum atomic E-state index is -0.544. The number of carboxylic acids is 1. The minimum absolute atomic E-state index is 0. The Balaban J connectivity index is 0.00000147. The van der Waals surface area contributed by atoms with Gasteiger partial charge in [0.2, 0.25) is 0 Å². The molecule has 4 bridgehead atoms. The van der Waals surface area contributed by atoms with E-state index in [1.807, 2.05) is 0 Å². The topological polar surface area (TPSA) is 37.3 Å². The summed E-state index contributed by atoms with van der Waals surface area (Å²) in [6.45, 7) is 2.23. The summed E-state index contributed by atoms with van der Waals surface area (Å²) >= 11 is 0. The standard InChI is InChI=1S/C16H27O2P.Pd/c1-2-3-4-19(11-15(17)18)16-8-12-5-13(9-16)7-14(6-12)10-16;/h12-14H,2-11H2,1H3,(H,17,18);. The van der Waals surface area contributed by atoms with Crippen LogP contribution in [-0.2, 0) is 25.2 Å². The van der Waals surface area contributed by atoms with E-state index >= 15 is 0 Å². The predicted octanol–water partition coefficient (Wildman–Crippen LogP) is 4.32. The van der Waals surface area contributed by atoms with Crippen LogP contribution in [0.3, 0.4) is 0 Å². The maximum Gasteiger partial charge on any atom is 0.307 e. The Morgan fingerprint density at radius 1 is 1.15 bits per heavy atom. The summed E-state index contributed by atoms with van der Waals surface area (Å²) in [5, 5.41) is 9.78. The summed E-state index contributed by atoms with van der Waals surface area (Å²) < 4.78 is 0. The number of carbonyl (C=O) groups is 1. The van der Waals surface area contributed by atoms with Crippen LogP contribution in [0.4, 0.5) is 0 Å². The van der Waals surface area contributed by atoms with E-state index in [0.29, 0.717) is 11.3 Å². The summed E-state index contributed by atoms with van der Waals surface area (Å²) in [5.74, 6) is 2.31. The van der Waals surface area contributed by atoms with E-state index in [4.69, 9.17) is 0 Å². The van der Waals surface area contributed by atoms with E-state index in [1.54, 1.807) is 0 Å². The molecule has 4 aliphatic rings. The van der Waals surface area contributed by atoms with Crippen LogP contribution in [0.1, 0.15) is 58.3 Å². The second kappa shape index (κ2) is 6.77. The fourth-order valence-corrected chi connectivity index (χ4v) is 8.99. The van der Waals surface area contributed by atoms with Gasteiger partial charge in [0, 0.05) is 20.4 Å². The zero-order valence-corrected chi connectivity index (χ0v) is 14.9. The van der Waals surface area contributed by atoms with Crippen LogP contribution in [0, 0.1) is 17.8 Å². The molecule has 118 valence electrons. The van der Waals surface area contributed by atoms with E-state index in [0.717, 1.165) is 17.8 Å². The molecule has 2 nitrogen and oxygen atoms in total. The number of aliphatic carboxylic acids is 1. The third-order valence-corrected chi connectivity index (χ3v) is 9.18. The van der Waals surface area contributed by atoms with Crippen molar-refractivity contribution >= 4 is 13.9 Å². The van der Waals surface area contributed by atoms with Crippen molar-refractivity contribution in [2.24, 2.45) is 17.8 Å². The molecule has 0 saturated heterocycles. The van der Waals surface area contributed by atoms with Crippen LogP contribution in [0.2, 0.25) is 0 Å². The average Bonchev–Trinajstić information content (AvgIpc) is 2.32. The van der Waals surface area contributed by atoms with Crippen molar-refractivity contribution in [1.82, 2.24) is 0 Å². The van der Waals surface area contributed by atoms with E-state index in [2.05, 4.69) is 6.92 Å². The van der Waals surface area contributed by atoms with Crippen molar-refractivity contribution in [3.63, 3.8) is 0 Å². The first-order valence-electron chi connectivity index (χ1n) is 8.08. The summed E-state index contributed by atoms with van der Waals surface area (Å²) in [6.07, 6.45) is 12.7. The molecule has 1 N–H and O–H groups in total.